The second-order valence-corrected chi connectivity index (χ2v) is 4.84. The van der Waals surface area contributed by atoms with Crippen LogP contribution in [-0.4, -0.2) is 49.3 Å². The summed E-state index contributed by atoms with van der Waals surface area (Å²) in [5.41, 5.74) is 1.43. The Morgan fingerprint density at radius 3 is 2.62 bits per heavy atom. The van der Waals surface area contributed by atoms with Gasteiger partial charge in [-0.05, 0) is 12.1 Å². The van der Waals surface area contributed by atoms with E-state index in [-0.39, 0.29) is 5.91 Å². The fourth-order valence-electron chi connectivity index (χ4n) is 2.53. The lowest BCUT2D eigenvalue weighted by molar-refractivity contribution is 0.0736. The average molecular weight is 287 g/mol. The molecule has 0 atom stereocenters. The van der Waals surface area contributed by atoms with Crippen molar-refractivity contribution in [3.63, 3.8) is 0 Å². The molecule has 1 aromatic carbocycles. The van der Waals surface area contributed by atoms with Gasteiger partial charge in [-0.1, -0.05) is 17.3 Å². The number of rotatable bonds is 3. The number of ether oxygens (including phenoxy) is 1. The molecule has 1 amide bonds. The van der Waals surface area contributed by atoms with E-state index in [1.54, 1.807) is 18.1 Å². The second kappa shape index (κ2) is 5.87. The molecule has 1 fully saturated rings. The molecule has 0 unspecified atom stereocenters. The number of piperazine rings is 1. The first kappa shape index (κ1) is 13.5. The average Bonchev–Trinajstić information content (AvgIpc) is 3.09. The van der Waals surface area contributed by atoms with E-state index in [1.807, 2.05) is 24.3 Å². The summed E-state index contributed by atoms with van der Waals surface area (Å²) in [4.78, 5) is 16.2. The van der Waals surface area contributed by atoms with Crippen LogP contribution < -0.4 is 9.64 Å². The summed E-state index contributed by atoms with van der Waals surface area (Å²) in [6.45, 7) is 2.85. The first-order valence-corrected chi connectivity index (χ1v) is 6.87. The van der Waals surface area contributed by atoms with Crippen molar-refractivity contribution in [2.24, 2.45) is 0 Å². The Balaban J connectivity index is 1.66. The van der Waals surface area contributed by atoms with Crippen molar-refractivity contribution < 1.29 is 14.1 Å². The van der Waals surface area contributed by atoms with Crippen LogP contribution in [0.25, 0.3) is 0 Å². The molecule has 21 heavy (non-hydrogen) atoms. The van der Waals surface area contributed by atoms with Crippen LogP contribution in [0.4, 0.5) is 5.69 Å². The number of hydrogen-bond donors (Lipinski definition) is 0. The molecule has 0 saturated carbocycles. The van der Waals surface area contributed by atoms with Gasteiger partial charge in [0, 0.05) is 32.2 Å². The van der Waals surface area contributed by atoms with E-state index >= 15 is 0 Å². The van der Waals surface area contributed by atoms with Gasteiger partial charge in [0.25, 0.3) is 5.91 Å². The SMILES string of the molecule is COc1ccccc1N1CCN(C(=O)c2ccon2)CC1. The summed E-state index contributed by atoms with van der Waals surface area (Å²) in [6, 6.07) is 9.52. The minimum Gasteiger partial charge on any atom is -0.495 e. The Hall–Kier alpha value is -2.50. The summed E-state index contributed by atoms with van der Waals surface area (Å²) >= 11 is 0. The van der Waals surface area contributed by atoms with E-state index in [4.69, 9.17) is 9.26 Å². The number of para-hydroxylation sites is 2. The number of hydrogen-bond acceptors (Lipinski definition) is 5. The Morgan fingerprint density at radius 2 is 1.95 bits per heavy atom. The lowest BCUT2D eigenvalue weighted by Gasteiger charge is -2.36. The Labute approximate surface area is 122 Å². The Kier molecular flexibility index (Phi) is 3.77. The molecule has 0 aliphatic carbocycles. The Bertz CT molecular complexity index is 604. The van der Waals surface area contributed by atoms with Gasteiger partial charge in [0.15, 0.2) is 5.69 Å². The van der Waals surface area contributed by atoms with Gasteiger partial charge in [0.05, 0.1) is 12.8 Å². The summed E-state index contributed by atoms with van der Waals surface area (Å²) in [5, 5.41) is 3.70. The smallest absolute Gasteiger partial charge is 0.276 e. The van der Waals surface area contributed by atoms with Gasteiger partial charge < -0.3 is 19.1 Å². The van der Waals surface area contributed by atoms with Gasteiger partial charge in [0.1, 0.15) is 12.0 Å². The number of anilines is 1. The maximum atomic E-state index is 12.2. The van der Waals surface area contributed by atoms with Crippen molar-refractivity contribution in [1.82, 2.24) is 10.1 Å². The predicted octanol–water partition coefficient (Wildman–Crippen LogP) is 1.65. The lowest BCUT2D eigenvalue weighted by Crippen LogP contribution is -2.49. The van der Waals surface area contributed by atoms with Crippen LogP contribution in [0.3, 0.4) is 0 Å². The van der Waals surface area contributed by atoms with Gasteiger partial charge in [0.2, 0.25) is 0 Å². The third kappa shape index (κ3) is 2.69. The monoisotopic (exact) mass is 287 g/mol. The molecule has 1 aliphatic heterocycles. The lowest BCUT2D eigenvalue weighted by atomic mass is 10.2. The van der Waals surface area contributed by atoms with Crippen LogP contribution in [0.15, 0.2) is 41.1 Å². The number of methoxy groups -OCH3 is 1. The van der Waals surface area contributed by atoms with E-state index in [1.165, 1.54) is 6.26 Å². The molecule has 1 aromatic heterocycles. The largest absolute Gasteiger partial charge is 0.495 e. The molecule has 2 aromatic rings. The van der Waals surface area contributed by atoms with E-state index in [0.29, 0.717) is 18.8 Å². The van der Waals surface area contributed by atoms with Gasteiger partial charge in [-0.25, -0.2) is 0 Å². The predicted molar refractivity (Wildman–Crippen MR) is 77.6 cm³/mol. The van der Waals surface area contributed by atoms with E-state index < -0.39 is 0 Å². The van der Waals surface area contributed by atoms with Crippen LogP contribution in [0.2, 0.25) is 0 Å². The van der Waals surface area contributed by atoms with Crippen LogP contribution in [0, 0.1) is 0 Å². The normalized spacial score (nSPS) is 15.1. The zero-order chi connectivity index (χ0) is 14.7. The molecule has 1 saturated heterocycles. The van der Waals surface area contributed by atoms with Crippen LogP contribution in [-0.2, 0) is 0 Å². The highest BCUT2D eigenvalue weighted by molar-refractivity contribution is 5.92. The van der Waals surface area contributed by atoms with Crippen LogP contribution in [0.5, 0.6) is 5.75 Å². The summed E-state index contributed by atoms with van der Waals surface area (Å²) in [6.07, 6.45) is 1.41. The zero-order valence-electron chi connectivity index (χ0n) is 11.9. The van der Waals surface area contributed by atoms with E-state index in [2.05, 4.69) is 10.1 Å². The number of carbonyl (C=O) groups excluding carboxylic acids is 1. The molecule has 6 nitrogen and oxygen atoms in total. The first-order valence-electron chi connectivity index (χ1n) is 6.87. The van der Waals surface area contributed by atoms with Crippen molar-refractivity contribution in [3.05, 3.63) is 42.3 Å². The maximum absolute atomic E-state index is 12.2. The topological polar surface area (TPSA) is 58.8 Å². The fourth-order valence-corrected chi connectivity index (χ4v) is 2.53. The quantitative estimate of drug-likeness (QED) is 0.859. The van der Waals surface area contributed by atoms with Crippen LogP contribution >= 0.6 is 0 Å². The standard InChI is InChI=1S/C15H17N3O3/c1-20-14-5-3-2-4-13(14)17-7-9-18(10-8-17)15(19)12-6-11-21-16-12/h2-6,11H,7-10H2,1H3. The highest BCUT2D eigenvalue weighted by Crippen LogP contribution is 2.28. The molecule has 1 aliphatic rings. The molecule has 0 radical (unpaired) electrons. The van der Waals surface area contributed by atoms with Gasteiger partial charge in [-0.3, -0.25) is 4.79 Å². The van der Waals surface area contributed by atoms with Crippen LogP contribution in [0.1, 0.15) is 10.5 Å². The van der Waals surface area contributed by atoms with E-state index in [0.717, 1.165) is 24.5 Å². The molecule has 0 N–H and O–H groups in total. The number of amides is 1. The first-order chi connectivity index (χ1) is 10.3. The third-order valence-corrected chi connectivity index (χ3v) is 3.65. The summed E-state index contributed by atoms with van der Waals surface area (Å²) in [7, 11) is 1.67. The molecule has 110 valence electrons. The van der Waals surface area contributed by atoms with Crippen molar-refractivity contribution >= 4 is 11.6 Å². The molecular weight excluding hydrogens is 270 g/mol. The maximum Gasteiger partial charge on any atom is 0.276 e. The minimum atomic E-state index is -0.0802. The van der Waals surface area contributed by atoms with Gasteiger partial charge in [-0.15, -0.1) is 0 Å². The molecule has 0 spiro atoms. The molecular formula is C15H17N3O3. The number of aromatic nitrogens is 1. The van der Waals surface area contributed by atoms with Crippen molar-refractivity contribution in [2.75, 3.05) is 38.2 Å². The highest BCUT2D eigenvalue weighted by atomic mass is 16.5. The van der Waals surface area contributed by atoms with Gasteiger partial charge >= 0.3 is 0 Å². The molecule has 3 rings (SSSR count). The van der Waals surface area contributed by atoms with Gasteiger partial charge in [-0.2, -0.15) is 0 Å². The Morgan fingerprint density at radius 1 is 1.19 bits per heavy atom. The summed E-state index contributed by atoms with van der Waals surface area (Å²) < 4.78 is 10.1. The third-order valence-electron chi connectivity index (χ3n) is 3.65. The molecule has 2 heterocycles. The molecule has 6 heteroatoms. The molecule has 0 bridgehead atoms. The zero-order valence-corrected chi connectivity index (χ0v) is 11.9. The highest BCUT2D eigenvalue weighted by Gasteiger charge is 2.24. The van der Waals surface area contributed by atoms with E-state index in [9.17, 15) is 4.79 Å². The van der Waals surface area contributed by atoms with Crippen molar-refractivity contribution in [2.45, 2.75) is 0 Å². The summed E-state index contributed by atoms with van der Waals surface area (Å²) in [5.74, 6) is 0.775. The number of carbonyl (C=O) groups is 1. The number of benzene rings is 1. The van der Waals surface area contributed by atoms with Crippen molar-refractivity contribution in [1.29, 1.82) is 0 Å². The van der Waals surface area contributed by atoms with Crippen molar-refractivity contribution in [3.8, 4) is 5.75 Å². The second-order valence-electron chi connectivity index (χ2n) is 4.84. The number of nitrogens with zero attached hydrogens (tertiary/aromatic N) is 3. The fraction of sp³-hybridized carbons (Fsp3) is 0.333. The minimum absolute atomic E-state index is 0.0802.